The number of phenols is 1. The van der Waals surface area contributed by atoms with E-state index < -0.39 is 6.29 Å². The van der Waals surface area contributed by atoms with Crippen LogP contribution in [0.25, 0.3) is 0 Å². The number of carbonyl (C=O) groups excluding carboxylic acids is 1. The molecule has 6 heteroatoms. The summed E-state index contributed by atoms with van der Waals surface area (Å²) in [7, 11) is 0. The molecule has 160 valence electrons. The van der Waals surface area contributed by atoms with Gasteiger partial charge in [0, 0.05) is 28.5 Å². The van der Waals surface area contributed by atoms with Crippen molar-refractivity contribution >= 4 is 17.6 Å². The zero-order valence-electron chi connectivity index (χ0n) is 17.0. The van der Waals surface area contributed by atoms with Gasteiger partial charge in [0.05, 0.1) is 19.3 Å². The first kappa shape index (κ1) is 22.3. The Hall–Kier alpha value is -2.34. The summed E-state index contributed by atoms with van der Waals surface area (Å²) in [4.78, 5) is 11.4. The van der Waals surface area contributed by atoms with E-state index in [0.717, 1.165) is 11.1 Å². The van der Waals surface area contributed by atoms with E-state index in [-0.39, 0.29) is 23.7 Å². The minimum atomic E-state index is -0.604. The van der Waals surface area contributed by atoms with Gasteiger partial charge in [-0.3, -0.25) is 4.79 Å². The van der Waals surface area contributed by atoms with Gasteiger partial charge in [-0.1, -0.05) is 60.2 Å². The standard InChI is InChI=1S/C24H27ClO5/c1-2-28-22(27)15-5-3-4-10-17-16-29-24(18-11-6-8-13-20(18)25)30-23(17)19-12-7-9-14-21(19)26/h3-4,6-9,11-14,17,23-24,26H,2,5,10,15-16H2,1H3/b4-3-/t17-,23+,24+/m1/s1. The van der Waals surface area contributed by atoms with E-state index in [1.165, 1.54) is 0 Å². The maximum Gasteiger partial charge on any atom is 0.306 e. The summed E-state index contributed by atoms with van der Waals surface area (Å²) in [6.07, 6.45) is 4.72. The van der Waals surface area contributed by atoms with E-state index in [1.807, 2.05) is 42.5 Å². The van der Waals surface area contributed by atoms with Crippen molar-refractivity contribution in [2.75, 3.05) is 13.2 Å². The van der Waals surface area contributed by atoms with Crippen molar-refractivity contribution in [1.29, 1.82) is 0 Å². The molecule has 2 aromatic rings. The van der Waals surface area contributed by atoms with Crippen LogP contribution in [-0.2, 0) is 19.0 Å². The number of hydrogen-bond acceptors (Lipinski definition) is 5. The van der Waals surface area contributed by atoms with Gasteiger partial charge in [0.15, 0.2) is 6.29 Å². The summed E-state index contributed by atoms with van der Waals surface area (Å²) < 4.78 is 17.2. The highest BCUT2D eigenvalue weighted by Gasteiger charge is 2.35. The lowest BCUT2D eigenvalue weighted by atomic mass is 9.91. The predicted octanol–water partition coefficient (Wildman–Crippen LogP) is 5.74. The molecule has 0 aromatic heterocycles. The van der Waals surface area contributed by atoms with Crippen molar-refractivity contribution in [1.82, 2.24) is 0 Å². The summed E-state index contributed by atoms with van der Waals surface area (Å²) in [5.74, 6) is 0.00984. The van der Waals surface area contributed by atoms with Gasteiger partial charge in [-0.25, -0.2) is 0 Å². The number of esters is 1. The summed E-state index contributed by atoms with van der Waals surface area (Å²) in [5.41, 5.74) is 1.49. The smallest absolute Gasteiger partial charge is 0.306 e. The second kappa shape index (κ2) is 11.2. The molecule has 1 aliphatic rings. The predicted molar refractivity (Wildman–Crippen MR) is 115 cm³/mol. The van der Waals surface area contributed by atoms with E-state index in [0.29, 0.717) is 37.5 Å². The Labute approximate surface area is 182 Å². The lowest BCUT2D eigenvalue weighted by Crippen LogP contribution is -2.30. The number of para-hydroxylation sites is 1. The molecule has 0 amide bonds. The third kappa shape index (κ3) is 5.85. The number of phenolic OH excluding ortho intramolecular Hbond substituents is 1. The molecule has 0 saturated carbocycles. The van der Waals surface area contributed by atoms with Crippen molar-refractivity contribution in [2.24, 2.45) is 5.92 Å². The topological polar surface area (TPSA) is 65.0 Å². The second-order valence-corrected chi connectivity index (χ2v) is 7.52. The highest BCUT2D eigenvalue weighted by atomic mass is 35.5. The molecule has 3 atom stereocenters. The van der Waals surface area contributed by atoms with E-state index >= 15 is 0 Å². The second-order valence-electron chi connectivity index (χ2n) is 7.11. The van der Waals surface area contributed by atoms with Crippen LogP contribution in [0.4, 0.5) is 0 Å². The largest absolute Gasteiger partial charge is 0.508 e. The van der Waals surface area contributed by atoms with Crippen molar-refractivity contribution in [3.05, 3.63) is 76.8 Å². The van der Waals surface area contributed by atoms with Crippen LogP contribution in [0.5, 0.6) is 5.75 Å². The van der Waals surface area contributed by atoms with Crippen LogP contribution in [-0.4, -0.2) is 24.3 Å². The highest BCUT2D eigenvalue weighted by molar-refractivity contribution is 6.31. The van der Waals surface area contributed by atoms with Crippen molar-refractivity contribution in [2.45, 2.75) is 38.6 Å². The van der Waals surface area contributed by atoms with Crippen LogP contribution in [0.3, 0.4) is 0 Å². The Kier molecular flexibility index (Phi) is 8.31. The Morgan fingerprint density at radius 3 is 2.63 bits per heavy atom. The molecule has 1 N–H and O–H groups in total. The average Bonchev–Trinajstić information content (AvgIpc) is 2.75. The summed E-state index contributed by atoms with van der Waals surface area (Å²) in [6.45, 7) is 2.65. The maximum atomic E-state index is 11.4. The molecule has 0 spiro atoms. The van der Waals surface area contributed by atoms with E-state index in [2.05, 4.69) is 0 Å². The lowest BCUT2D eigenvalue weighted by molar-refractivity contribution is -0.244. The summed E-state index contributed by atoms with van der Waals surface area (Å²) in [5, 5.41) is 11.0. The van der Waals surface area contributed by atoms with Crippen LogP contribution >= 0.6 is 11.6 Å². The van der Waals surface area contributed by atoms with Gasteiger partial charge in [0.25, 0.3) is 0 Å². The molecule has 0 aliphatic carbocycles. The first-order chi connectivity index (χ1) is 14.6. The molecular formula is C24H27ClO5. The molecule has 1 saturated heterocycles. The van der Waals surface area contributed by atoms with Gasteiger partial charge < -0.3 is 19.3 Å². The van der Waals surface area contributed by atoms with Crippen LogP contribution < -0.4 is 0 Å². The first-order valence-corrected chi connectivity index (χ1v) is 10.6. The fraction of sp³-hybridized carbons (Fsp3) is 0.375. The van der Waals surface area contributed by atoms with Gasteiger partial charge in [0.1, 0.15) is 5.75 Å². The zero-order valence-corrected chi connectivity index (χ0v) is 17.8. The number of rotatable bonds is 8. The van der Waals surface area contributed by atoms with Crippen molar-refractivity contribution < 1.29 is 24.1 Å². The number of benzene rings is 2. The molecule has 0 bridgehead atoms. The molecule has 3 rings (SSSR count). The molecule has 30 heavy (non-hydrogen) atoms. The summed E-state index contributed by atoms with van der Waals surface area (Å²) in [6, 6.07) is 14.6. The van der Waals surface area contributed by atoms with E-state index in [4.69, 9.17) is 25.8 Å². The summed E-state index contributed by atoms with van der Waals surface area (Å²) >= 11 is 6.33. The highest BCUT2D eigenvalue weighted by Crippen LogP contribution is 2.43. The van der Waals surface area contributed by atoms with Gasteiger partial charge in [-0.2, -0.15) is 0 Å². The maximum absolute atomic E-state index is 11.4. The monoisotopic (exact) mass is 430 g/mol. The molecule has 1 fully saturated rings. The fourth-order valence-electron chi connectivity index (χ4n) is 3.48. The number of ether oxygens (including phenoxy) is 3. The van der Waals surface area contributed by atoms with E-state index in [1.54, 1.807) is 25.1 Å². The van der Waals surface area contributed by atoms with Crippen LogP contribution in [0, 0.1) is 5.92 Å². The number of halogens is 1. The van der Waals surface area contributed by atoms with E-state index in [9.17, 15) is 9.90 Å². The lowest BCUT2D eigenvalue weighted by Gasteiger charge is -2.37. The molecule has 0 radical (unpaired) electrons. The Morgan fingerprint density at radius 1 is 1.17 bits per heavy atom. The first-order valence-electron chi connectivity index (χ1n) is 10.2. The third-order valence-corrected chi connectivity index (χ3v) is 5.33. The Bertz CT molecular complexity index is 866. The van der Waals surface area contributed by atoms with Crippen LogP contribution in [0.15, 0.2) is 60.7 Å². The number of carbonyl (C=O) groups is 1. The SMILES string of the molecule is CCOC(=O)CC/C=C\C[C@@H]1CO[C@H](c2ccccc2Cl)O[C@@H]1c1ccccc1O. The molecule has 1 aliphatic heterocycles. The Morgan fingerprint density at radius 2 is 1.90 bits per heavy atom. The van der Waals surface area contributed by atoms with Gasteiger partial charge in [-0.05, 0) is 31.9 Å². The number of hydrogen-bond donors (Lipinski definition) is 1. The minimum absolute atomic E-state index is 0.0101. The van der Waals surface area contributed by atoms with Crippen molar-refractivity contribution in [3.63, 3.8) is 0 Å². The third-order valence-electron chi connectivity index (χ3n) is 4.99. The minimum Gasteiger partial charge on any atom is -0.508 e. The number of aromatic hydroxyl groups is 1. The van der Waals surface area contributed by atoms with Gasteiger partial charge >= 0.3 is 5.97 Å². The zero-order chi connectivity index (χ0) is 21.3. The van der Waals surface area contributed by atoms with Crippen LogP contribution in [0.2, 0.25) is 5.02 Å². The molecule has 1 heterocycles. The molecule has 0 unspecified atom stereocenters. The normalized spacial score (nSPS) is 21.6. The van der Waals surface area contributed by atoms with Gasteiger partial charge in [0.2, 0.25) is 0 Å². The average molecular weight is 431 g/mol. The fourth-order valence-corrected chi connectivity index (χ4v) is 3.71. The van der Waals surface area contributed by atoms with Crippen molar-refractivity contribution in [3.8, 4) is 5.75 Å². The quantitative estimate of drug-likeness (QED) is 0.427. The molecule has 2 aromatic carbocycles. The molecular weight excluding hydrogens is 404 g/mol. The Balaban J connectivity index is 1.70. The molecule has 5 nitrogen and oxygen atoms in total. The number of allylic oxidation sites excluding steroid dienone is 2. The van der Waals surface area contributed by atoms with Crippen LogP contribution in [0.1, 0.15) is 49.7 Å². The van der Waals surface area contributed by atoms with Gasteiger partial charge in [-0.15, -0.1) is 0 Å².